The monoisotopic (exact) mass is 317 g/mol. The van der Waals surface area contributed by atoms with Gasteiger partial charge in [0.2, 0.25) is 0 Å². The number of halogens is 1. The van der Waals surface area contributed by atoms with Gasteiger partial charge in [-0.1, -0.05) is 0 Å². The molecule has 0 radical (unpaired) electrons. The highest BCUT2D eigenvalue weighted by Crippen LogP contribution is 2.28. The van der Waals surface area contributed by atoms with Crippen LogP contribution >= 0.6 is 10.7 Å². The molecule has 20 heavy (non-hydrogen) atoms. The van der Waals surface area contributed by atoms with Gasteiger partial charge in [-0.25, -0.2) is 8.42 Å². The van der Waals surface area contributed by atoms with Gasteiger partial charge < -0.3 is 9.64 Å². The van der Waals surface area contributed by atoms with Crippen LogP contribution in [0.25, 0.3) is 0 Å². The third-order valence-corrected chi connectivity index (χ3v) is 4.54. The van der Waals surface area contributed by atoms with Gasteiger partial charge in [0.05, 0.1) is 11.5 Å². The number of methoxy groups -OCH3 is 1. The van der Waals surface area contributed by atoms with Gasteiger partial charge in [0.1, 0.15) is 0 Å². The Morgan fingerprint density at radius 2 is 1.95 bits per heavy atom. The van der Waals surface area contributed by atoms with Gasteiger partial charge >= 0.3 is 0 Å². The average Bonchev–Trinajstić information content (AvgIpc) is 3.23. The van der Waals surface area contributed by atoms with Crippen LogP contribution in [0.3, 0.4) is 0 Å². The van der Waals surface area contributed by atoms with Gasteiger partial charge in [0.25, 0.3) is 15.0 Å². The molecule has 7 heteroatoms. The van der Waals surface area contributed by atoms with Crippen molar-refractivity contribution in [1.82, 2.24) is 4.90 Å². The van der Waals surface area contributed by atoms with Crippen molar-refractivity contribution in [3.63, 3.8) is 0 Å². The van der Waals surface area contributed by atoms with Crippen molar-refractivity contribution in [3.8, 4) is 0 Å². The zero-order valence-corrected chi connectivity index (χ0v) is 12.7. The van der Waals surface area contributed by atoms with E-state index in [0.717, 1.165) is 12.8 Å². The Labute approximate surface area is 122 Å². The third kappa shape index (κ3) is 3.71. The first kappa shape index (κ1) is 15.3. The Morgan fingerprint density at radius 3 is 2.40 bits per heavy atom. The summed E-state index contributed by atoms with van der Waals surface area (Å²) in [5.41, 5.74) is 0.456. The molecule has 1 saturated carbocycles. The number of rotatable bonds is 6. The molecule has 1 fully saturated rings. The van der Waals surface area contributed by atoms with Crippen LogP contribution in [0.5, 0.6) is 0 Å². The highest BCUT2D eigenvalue weighted by atomic mass is 35.7. The first-order valence-corrected chi connectivity index (χ1v) is 8.59. The maximum Gasteiger partial charge on any atom is 0.261 e. The predicted molar refractivity (Wildman–Crippen MR) is 75.4 cm³/mol. The molecule has 1 aliphatic rings. The van der Waals surface area contributed by atoms with E-state index in [2.05, 4.69) is 0 Å². The molecule has 0 saturated heterocycles. The van der Waals surface area contributed by atoms with E-state index in [1.807, 2.05) is 0 Å². The fraction of sp³-hybridized carbons (Fsp3) is 0.462. The molecule has 0 spiro atoms. The molecule has 0 N–H and O–H groups in total. The van der Waals surface area contributed by atoms with Crippen molar-refractivity contribution >= 4 is 25.6 Å². The number of carbonyl (C=O) groups excluding carboxylic acids is 1. The molecular weight excluding hydrogens is 302 g/mol. The second-order valence-corrected chi connectivity index (χ2v) is 7.25. The Kier molecular flexibility index (Phi) is 4.67. The Hall–Kier alpha value is -1.11. The highest BCUT2D eigenvalue weighted by Gasteiger charge is 2.32. The van der Waals surface area contributed by atoms with E-state index in [1.54, 1.807) is 12.0 Å². The molecule has 0 unspecified atom stereocenters. The second-order valence-electron chi connectivity index (χ2n) is 4.68. The average molecular weight is 318 g/mol. The molecule has 5 nitrogen and oxygen atoms in total. The van der Waals surface area contributed by atoms with Crippen LogP contribution < -0.4 is 0 Å². The number of ether oxygens (including phenoxy) is 1. The lowest BCUT2D eigenvalue weighted by atomic mass is 10.2. The molecule has 1 aromatic rings. The van der Waals surface area contributed by atoms with E-state index >= 15 is 0 Å². The van der Waals surface area contributed by atoms with Crippen LogP contribution in [-0.4, -0.2) is 45.5 Å². The molecular formula is C13H16ClNO4S. The van der Waals surface area contributed by atoms with Crippen molar-refractivity contribution in [3.05, 3.63) is 29.8 Å². The van der Waals surface area contributed by atoms with Crippen molar-refractivity contribution in [2.75, 3.05) is 20.3 Å². The smallest absolute Gasteiger partial charge is 0.261 e. The fourth-order valence-electron chi connectivity index (χ4n) is 1.95. The highest BCUT2D eigenvalue weighted by molar-refractivity contribution is 8.13. The van der Waals surface area contributed by atoms with Crippen molar-refractivity contribution in [2.24, 2.45) is 0 Å². The molecule has 0 bridgehead atoms. The van der Waals surface area contributed by atoms with Gasteiger partial charge in [-0.3, -0.25) is 4.79 Å². The summed E-state index contributed by atoms with van der Waals surface area (Å²) in [5, 5.41) is 0. The van der Waals surface area contributed by atoms with E-state index in [0.29, 0.717) is 18.7 Å². The maximum atomic E-state index is 12.4. The number of carbonyl (C=O) groups is 1. The van der Waals surface area contributed by atoms with Crippen LogP contribution in [0.1, 0.15) is 23.2 Å². The van der Waals surface area contributed by atoms with Crippen molar-refractivity contribution in [1.29, 1.82) is 0 Å². The summed E-state index contributed by atoms with van der Waals surface area (Å²) in [6, 6.07) is 5.93. The molecule has 0 atom stereocenters. The normalized spacial score (nSPS) is 15.1. The predicted octanol–water partition coefficient (Wildman–Crippen LogP) is 1.87. The van der Waals surface area contributed by atoms with E-state index in [9.17, 15) is 13.2 Å². The largest absolute Gasteiger partial charge is 0.383 e. The number of amides is 1. The Balaban J connectivity index is 2.15. The lowest BCUT2D eigenvalue weighted by Gasteiger charge is -2.22. The summed E-state index contributed by atoms with van der Waals surface area (Å²) >= 11 is 0. The van der Waals surface area contributed by atoms with Crippen LogP contribution in [0.4, 0.5) is 0 Å². The number of hydrogen-bond donors (Lipinski definition) is 0. The van der Waals surface area contributed by atoms with Crippen molar-refractivity contribution < 1.29 is 17.9 Å². The molecule has 0 aromatic heterocycles. The van der Waals surface area contributed by atoms with Crippen LogP contribution in [0.2, 0.25) is 0 Å². The summed E-state index contributed by atoms with van der Waals surface area (Å²) < 4.78 is 27.3. The minimum Gasteiger partial charge on any atom is -0.383 e. The summed E-state index contributed by atoms with van der Waals surface area (Å²) in [5.74, 6) is -0.108. The zero-order chi connectivity index (χ0) is 14.8. The van der Waals surface area contributed by atoms with E-state index < -0.39 is 9.05 Å². The summed E-state index contributed by atoms with van der Waals surface area (Å²) in [6.07, 6.45) is 2.01. The minimum absolute atomic E-state index is 0.00872. The molecule has 110 valence electrons. The third-order valence-electron chi connectivity index (χ3n) is 3.17. The fourth-order valence-corrected chi connectivity index (χ4v) is 2.72. The topological polar surface area (TPSA) is 63.7 Å². The quantitative estimate of drug-likeness (QED) is 0.751. The molecule has 1 aliphatic carbocycles. The van der Waals surface area contributed by atoms with E-state index in [-0.39, 0.29) is 16.8 Å². The summed E-state index contributed by atoms with van der Waals surface area (Å²) in [6.45, 7) is 1.02. The van der Waals surface area contributed by atoms with E-state index in [4.69, 9.17) is 15.4 Å². The number of benzene rings is 1. The summed E-state index contributed by atoms with van der Waals surface area (Å²) in [4.78, 5) is 14.1. The van der Waals surface area contributed by atoms with E-state index in [1.165, 1.54) is 24.3 Å². The van der Waals surface area contributed by atoms with Crippen LogP contribution in [0, 0.1) is 0 Å². The van der Waals surface area contributed by atoms with Gasteiger partial charge in [0.15, 0.2) is 0 Å². The zero-order valence-electron chi connectivity index (χ0n) is 11.1. The molecule has 0 aliphatic heterocycles. The summed E-state index contributed by atoms with van der Waals surface area (Å²) in [7, 11) is 3.08. The molecule has 1 amide bonds. The lowest BCUT2D eigenvalue weighted by molar-refractivity contribution is 0.0680. The first-order valence-electron chi connectivity index (χ1n) is 6.28. The SMILES string of the molecule is COCCN(C(=O)c1ccc(S(=O)(=O)Cl)cc1)C1CC1. The Morgan fingerprint density at radius 1 is 1.35 bits per heavy atom. The lowest BCUT2D eigenvalue weighted by Crippen LogP contribution is -2.35. The standard InChI is InChI=1S/C13H16ClNO4S/c1-19-9-8-15(11-4-5-11)13(16)10-2-6-12(7-3-10)20(14,17)18/h2-3,6-7,11H,4-5,8-9H2,1H3. The molecule has 2 rings (SSSR count). The second kappa shape index (κ2) is 6.11. The van der Waals surface area contributed by atoms with Gasteiger partial charge in [0, 0.05) is 35.9 Å². The maximum absolute atomic E-state index is 12.4. The van der Waals surface area contributed by atoms with Gasteiger partial charge in [-0.2, -0.15) is 0 Å². The Bertz CT molecular complexity index is 581. The van der Waals surface area contributed by atoms with Crippen LogP contribution in [-0.2, 0) is 13.8 Å². The van der Waals surface area contributed by atoms with Crippen LogP contribution in [0.15, 0.2) is 29.2 Å². The van der Waals surface area contributed by atoms with Gasteiger partial charge in [-0.05, 0) is 37.1 Å². The minimum atomic E-state index is -3.76. The van der Waals surface area contributed by atoms with Crippen molar-refractivity contribution in [2.45, 2.75) is 23.8 Å². The first-order chi connectivity index (χ1) is 9.43. The molecule has 1 aromatic carbocycles. The van der Waals surface area contributed by atoms with Gasteiger partial charge in [-0.15, -0.1) is 0 Å². The molecule has 0 heterocycles. The number of hydrogen-bond acceptors (Lipinski definition) is 4. The number of nitrogens with zero attached hydrogens (tertiary/aromatic N) is 1.